The minimum absolute atomic E-state index is 0.00839. The quantitative estimate of drug-likeness (QED) is 0.136. The Morgan fingerprint density at radius 1 is 1.03 bits per heavy atom. The number of ketones is 1. The van der Waals surface area contributed by atoms with Crippen LogP contribution < -0.4 is 11.2 Å². The molecule has 0 radical (unpaired) electrons. The summed E-state index contributed by atoms with van der Waals surface area (Å²) in [7, 11) is 0. The Morgan fingerprint density at radius 2 is 1.69 bits per heavy atom. The predicted molar refractivity (Wildman–Crippen MR) is 108 cm³/mol. The van der Waals surface area contributed by atoms with E-state index in [4.69, 9.17) is 5.84 Å². The lowest BCUT2D eigenvalue weighted by molar-refractivity contribution is -0.0377. The highest BCUT2D eigenvalue weighted by molar-refractivity contribution is 6.08. The fourth-order valence-electron chi connectivity index (χ4n) is 3.11. The summed E-state index contributed by atoms with van der Waals surface area (Å²) in [6.45, 7) is -0.492. The molecule has 166 valence electrons. The number of halogens is 5. The lowest BCUT2D eigenvalue weighted by atomic mass is 9.89. The molecule has 0 aliphatic carbocycles. The average molecular weight is 448 g/mol. The van der Waals surface area contributed by atoms with Gasteiger partial charge in [0.2, 0.25) is 0 Å². The van der Waals surface area contributed by atoms with Gasteiger partial charge in [-0.15, -0.1) is 0 Å². The van der Waals surface area contributed by atoms with Gasteiger partial charge in [0.1, 0.15) is 29.5 Å². The van der Waals surface area contributed by atoms with Gasteiger partial charge in [0, 0.05) is 29.9 Å². The molecule has 2 aromatic carbocycles. The van der Waals surface area contributed by atoms with Gasteiger partial charge >= 0.3 is 0 Å². The van der Waals surface area contributed by atoms with E-state index in [1.54, 1.807) is 0 Å². The summed E-state index contributed by atoms with van der Waals surface area (Å²) in [4.78, 5) is 16.2. The number of pyridine rings is 1. The molecule has 10 heteroatoms. The first-order valence-corrected chi connectivity index (χ1v) is 9.28. The van der Waals surface area contributed by atoms with Gasteiger partial charge in [0.15, 0.2) is 5.78 Å². The van der Waals surface area contributed by atoms with Gasteiger partial charge in [-0.1, -0.05) is 6.07 Å². The Morgan fingerprint density at radius 3 is 2.28 bits per heavy atom. The van der Waals surface area contributed by atoms with Crippen molar-refractivity contribution in [1.29, 1.82) is 0 Å². The van der Waals surface area contributed by atoms with Crippen molar-refractivity contribution in [2.24, 2.45) is 10.9 Å². The monoisotopic (exact) mass is 448 g/mol. The summed E-state index contributed by atoms with van der Waals surface area (Å²) in [5.41, 5.74) is -1.01. The molecule has 0 bridgehead atoms. The van der Waals surface area contributed by atoms with Gasteiger partial charge in [-0.2, -0.15) is 13.9 Å². The topological polar surface area (TPSA) is 80.4 Å². The zero-order chi connectivity index (χ0) is 23.3. The number of aromatic nitrogens is 1. The molecule has 0 aliphatic rings. The second-order valence-corrected chi connectivity index (χ2v) is 6.80. The van der Waals surface area contributed by atoms with Crippen LogP contribution in [0.1, 0.15) is 33.1 Å². The van der Waals surface area contributed by atoms with Gasteiger partial charge in [-0.3, -0.25) is 9.78 Å². The summed E-state index contributed by atoms with van der Waals surface area (Å²) in [5.74, 6) is -3.68. The molecule has 32 heavy (non-hydrogen) atoms. The zero-order valence-electron chi connectivity index (χ0n) is 16.4. The Balaban J connectivity index is 1.93. The van der Waals surface area contributed by atoms with Crippen LogP contribution in [0.15, 0.2) is 65.9 Å². The number of alkyl halides is 2. The van der Waals surface area contributed by atoms with E-state index in [-0.39, 0.29) is 11.1 Å². The van der Waals surface area contributed by atoms with Crippen LogP contribution in [0.5, 0.6) is 0 Å². The fraction of sp³-hybridized carbons (Fsp3) is 0.136. The molecule has 0 saturated carbocycles. The van der Waals surface area contributed by atoms with Gasteiger partial charge in [-0.05, 0) is 48.0 Å². The van der Waals surface area contributed by atoms with Gasteiger partial charge in [0.25, 0.3) is 5.92 Å². The summed E-state index contributed by atoms with van der Waals surface area (Å²) in [6.07, 6.45) is 1.92. The third-order valence-electron chi connectivity index (χ3n) is 4.74. The summed E-state index contributed by atoms with van der Waals surface area (Å²) >= 11 is 0. The highest BCUT2D eigenvalue weighted by atomic mass is 19.3. The van der Waals surface area contributed by atoms with Crippen LogP contribution in [-0.4, -0.2) is 23.7 Å². The molecular weight excluding hydrogens is 431 g/mol. The summed E-state index contributed by atoms with van der Waals surface area (Å²) < 4.78 is 71.3. The standard InChI is InChI=1S/C22H17F5N4O/c23-15-4-1-13(2-5-15)21(32)14-3-8-20(30-10-14)22(26,27)18(11-29-12-31-28)17-7-6-16(24)9-19(17)25/h1-10,12,18H,11,28H2,(H,29,31). The number of hydrogen-bond donors (Lipinski definition) is 2. The number of nitrogens with zero attached hydrogens (tertiary/aromatic N) is 2. The maximum Gasteiger partial charge on any atom is 0.298 e. The summed E-state index contributed by atoms with van der Waals surface area (Å²) in [5, 5.41) is 5.58. The van der Waals surface area contributed by atoms with Crippen LogP contribution in [0.3, 0.4) is 0 Å². The van der Waals surface area contributed by atoms with E-state index in [0.717, 1.165) is 48.9 Å². The molecule has 1 heterocycles. The second-order valence-electron chi connectivity index (χ2n) is 6.80. The SMILES string of the molecule is N/N=C\NCC(c1ccc(F)cc1F)C(F)(F)c1ccc(C(=O)c2ccc(F)cc2)cn1. The Hall–Kier alpha value is -3.82. The number of benzene rings is 2. The van der Waals surface area contributed by atoms with Crippen molar-refractivity contribution in [3.05, 3.63) is 101 Å². The van der Waals surface area contributed by atoms with E-state index in [1.807, 2.05) is 0 Å². The zero-order valence-corrected chi connectivity index (χ0v) is 16.4. The Bertz CT molecular complexity index is 1120. The van der Waals surface area contributed by atoms with E-state index >= 15 is 8.78 Å². The molecule has 1 unspecified atom stereocenters. The van der Waals surface area contributed by atoms with Crippen LogP contribution in [0.2, 0.25) is 0 Å². The second kappa shape index (κ2) is 9.54. The van der Waals surface area contributed by atoms with Crippen molar-refractivity contribution in [3.8, 4) is 0 Å². The maximum atomic E-state index is 15.3. The van der Waals surface area contributed by atoms with Crippen molar-refractivity contribution >= 4 is 12.1 Å². The maximum absolute atomic E-state index is 15.3. The number of carbonyl (C=O) groups is 1. The molecule has 1 aromatic heterocycles. The Kier molecular flexibility index (Phi) is 6.82. The van der Waals surface area contributed by atoms with E-state index in [1.165, 1.54) is 12.1 Å². The molecule has 0 spiro atoms. The first-order chi connectivity index (χ1) is 15.2. The molecule has 3 N–H and O–H groups in total. The van der Waals surface area contributed by atoms with Crippen molar-refractivity contribution in [2.75, 3.05) is 6.54 Å². The lowest BCUT2D eigenvalue weighted by Crippen LogP contribution is -2.34. The van der Waals surface area contributed by atoms with E-state index < -0.39 is 52.9 Å². The minimum atomic E-state index is -3.72. The lowest BCUT2D eigenvalue weighted by Gasteiger charge is -2.27. The van der Waals surface area contributed by atoms with Crippen molar-refractivity contribution in [3.63, 3.8) is 0 Å². The molecule has 0 saturated heterocycles. The molecule has 0 amide bonds. The highest BCUT2D eigenvalue weighted by Gasteiger charge is 2.44. The number of carbonyl (C=O) groups excluding carboxylic acids is 1. The average Bonchev–Trinajstić information content (AvgIpc) is 2.77. The van der Waals surface area contributed by atoms with Gasteiger partial charge in [0.05, 0.1) is 5.92 Å². The number of nitrogens with one attached hydrogen (secondary N) is 1. The highest BCUT2D eigenvalue weighted by Crippen LogP contribution is 2.42. The van der Waals surface area contributed by atoms with Crippen molar-refractivity contribution < 1.29 is 26.7 Å². The molecule has 3 rings (SSSR count). The molecule has 0 fully saturated rings. The third kappa shape index (κ3) is 4.90. The van der Waals surface area contributed by atoms with Gasteiger partial charge in [-0.25, -0.2) is 13.2 Å². The van der Waals surface area contributed by atoms with Crippen LogP contribution in [0, 0.1) is 17.5 Å². The third-order valence-corrected chi connectivity index (χ3v) is 4.74. The Labute approximate surface area is 179 Å². The first kappa shape index (κ1) is 22.9. The molecule has 3 aromatic rings. The number of hydrazone groups is 1. The van der Waals surface area contributed by atoms with Crippen molar-refractivity contribution in [2.45, 2.75) is 11.8 Å². The van der Waals surface area contributed by atoms with Crippen LogP contribution in [0.25, 0.3) is 0 Å². The molecule has 1 atom stereocenters. The van der Waals surface area contributed by atoms with E-state index in [9.17, 15) is 18.0 Å². The van der Waals surface area contributed by atoms with Crippen LogP contribution >= 0.6 is 0 Å². The minimum Gasteiger partial charge on any atom is -0.374 e. The van der Waals surface area contributed by atoms with Gasteiger partial charge < -0.3 is 11.2 Å². The fourth-order valence-corrected chi connectivity index (χ4v) is 3.11. The molecule has 0 aliphatic heterocycles. The predicted octanol–water partition coefficient (Wildman–Crippen LogP) is 4.10. The number of rotatable bonds is 8. The summed E-state index contributed by atoms with van der Waals surface area (Å²) in [6, 6.07) is 9.12. The van der Waals surface area contributed by atoms with E-state index in [2.05, 4.69) is 15.4 Å². The largest absolute Gasteiger partial charge is 0.374 e. The number of hydrogen-bond acceptors (Lipinski definition) is 4. The van der Waals surface area contributed by atoms with E-state index in [0.29, 0.717) is 6.07 Å². The van der Waals surface area contributed by atoms with Crippen LogP contribution in [0.4, 0.5) is 22.0 Å². The smallest absolute Gasteiger partial charge is 0.298 e. The van der Waals surface area contributed by atoms with Crippen molar-refractivity contribution in [1.82, 2.24) is 10.3 Å². The normalized spacial score (nSPS) is 12.7. The molecular formula is C22H17F5N4O. The molecule has 5 nitrogen and oxygen atoms in total. The van der Waals surface area contributed by atoms with Crippen LogP contribution in [-0.2, 0) is 5.92 Å². The first-order valence-electron chi connectivity index (χ1n) is 9.28. The number of nitrogens with two attached hydrogens (primary N) is 1.